The monoisotopic (exact) mass is 718 g/mol. The first-order valence-corrected chi connectivity index (χ1v) is 17.9. The van der Waals surface area contributed by atoms with E-state index in [0.717, 1.165) is 41.5 Å². The molecule has 16 heteroatoms. The number of methoxy groups -OCH3 is 1. The van der Waals surface area contributed by atoms with Crippen molar-refractivity contribution in [3.05, 3.63) is 59.5 Å². The summed E-state index contributed by atoms with van der Waals surface area (Å²) < 4.78 is 84.5. The largest absolute Gasteiger partial charge is 0.534 e. The minimum absolute atomic E-state index is 0.0654. The number of ether oxygens (including phenoxy) is 3. The molecule has 2 aliphatic heterocycles. The third kappa shape index (κ3) is 6.00. The number of carbonyl (C=O) groups is 2. The first-order valence-electron chi connectivity index (χ1n) is 16.5. The first-order chi connectivity index (χ1) is 23.7. The predicted molar refractivity (Wildman–Crippen MR) is 172 cm³/mol. The Labute approximate surface area is 286 Å². The summed E-state index contributed by atoms with van der Waals surface area (Å²) in [4.78, 5) is 35.6. The van der Waals surface area contributed by atoms with E-state index >= 15 is 0 Å². The predicted octanol–water partition coefficient (Wildman–Crippen LogP) is 5.73. The molecule has 3 aromatic rings. The quantitative estimate of drug-likeness (QED) is 0.220. The molecule has 2 bridgehead atoms. The van der Waals surface area contributed by atoms with Gasteiger partial charge in [-0.2, -0.15) is 21.6 Å². The summed E-state index contributed by atoms with van der Waals surface area (Å²) in [5.74, 6) is -1.24. The Morgan fingerprint density at radius 1 is 1.04 bits per heavy atom. The summed E-state index contributed by atoms with van der Waals surface area (Å²) >= 11 is 0. The number of nitrogens with one attached hydrogen (secondary N) is 2. The Bertz CT molecular complexity index is 1910. The van der Waals surface area contributed by atoms with Crippen LogP contribution < -0.4 is 9.50 Å². The molecule has 268 valence electrons. The molecule has 2 N–H and O–H groups in total. The number of nitrogens with zero attached hydrogens (tertiary/aromatic N) is 2. The number of alkyl halides is 3. The number of hydrogen-bond donors (Lipinski definition) is 2. The fourth-order valence-electron chi connectivity index (χ4n) is 7.85. The second-order valence-electron chi connectivity index (χ2n) is 13.5. The molecule has 4 atom stereocenters. The van der Waals surface area contributed by atoms with E-state index in [1.807, 2.05) is 38.1 Å². The molecule has 2 aliphatic carbocycles. The van der Waals surface area contributed by atoms with Crippen LogP contribution in [-0.2, 0) is 29.1 Å². The number of H-pyrrole nitrogens is 1. The second kappa shape index (κ2) is 12.6. The average molecular weight is 719 g/mol. The fourth-order valence-corrected chi connectivity index (χ4v) is 8.33. The van der Waals surface area contributed by atoms with Crippen LogP contribution in [0, 0.1) is 5.92 Å². The number of alkyl carbamates (subject to hydrolysis) is 1. The van der Waals surface area contributed by atoms with Crippen LogP contribution in [0.1, 0.15) is 74.4 Å². The number of fused-ring (bicyclic) bond motifs is 5. The van der Waals surface area contributed by atoms with Gasteiger partial charge in [0.2, 0.25) is 5.91 Å². The fraction of sp³-hybridized carbons (Fsp3) is 0.500. The van der Waals surface area contributed by atoms with Crippen molar-refractivity contribution in [1.82, 2.24) is 20.2 Å². The summed E-state index contributed by atoms with van der Waals surface area (Å²) in [6, 6.07) is 9.14. The van der Waals surface area contributed by atoms with Crippen LogP contribution in [0.25, 0.3) is 22.4 Å². The topological polar surface area (TPSA) is 149 Å². The summed E-state index contributed by atoms with van der Waals surface area (Å²) in [5, 5.41) is 2.64. The van der Waals surface area contributed by atoms with E-state index in [4.69, 9.17) is 14.2 Å². The van der Waals surface area contributed by atoms with Gasteiger partial charge in [-0.15, -0.1) is 0 Å². The number of amides is 2. The van der Waals surface area contributed by atoms with Crippen molar-refractivity contribution >= 4 is 22.1 Å². The Morgan fingerprint density at radius 2 is 1.70 bits per heavy atom. The molecule has 1 saturated carbocycles. The summed E-state index contributed by atoms with van der Waals surface area (Å²) in [6.45, 7) is 4.61. The summed E-state index contributed by atoms with van der Waals surface area (Å²) in [6.07, 6.45) is 3.65. The molecular weight excluding hydrogens is 681 g/mol. The number of halogens is 3. The highest BCUT2D eigenvalue weighted by Crippen LogP contribution is 2.59. The molecule has 2 amide bonds. The van der Waals surface area contributed by atoms with Crippen molar-refractivity contribution in [2.24, 2.45) is 5.92 Å². The van der Waals surface area contributed by atoms with Crippen molar-refractivity contribution in [1.29, 1.82) is 0 Å². The molecule has 1 spiro atoms. The summed E-state index contributed by atoms with van der Waals surface area (Å²) in [5.41, 5.74) is -1.01. The van der Waals surface area contributed by atoms with Crippen LogP contribution in [0.15, 0.2) is 42.6 Å². The minimum atomic E-state index is -5.80. The van der Waals surface area contributed by atoms with Crippen LogP contribution in [0.5, 0.6) is 5.75 Å². The third-order valence-corrected chi connectivity index (χ3v) is 11.1. The SMILES string of the molecule is COC(=O)N[C@H](C(=O)N1CC2(C[C@H]1c1ncc(-c3ccc(-c4ccc(OS(=O)(=O)C(F)(F)F)c5c4C4CCC5C4)cc3)[nH]1)OCCO2)C(C)C. The molecule has 50 heavy (non-hydrogen) atoms. The number of likely N-dealkylation sites (tertiary alicyclic amines) is 1. The molecule has 2 aromatic carbocycles. The van der Waals surface area contributed by atoms with Gasteiger partial charge in [0.15, 0.2) is 5.79 Å². The maximum Gasteiger partial charge on any atom is 0.534 e. The molecule has 1 aromatic heterocycles. The van der Waals surface area contributed by atoms with Gasteiger partial charge in [-0.25, -0.2) is 9.78 Å². The minimum Gasteiger partial charge on any atom is -0.453 e. The number of aromatic amines is 1. The zero-order valence-corrected chi connectivity index (χ0v) is 28.4. The number of rotatable bonds is 8. The van der Waals surface area contributed by atoms with Crippen LogP contribution in [0.4, 0.5) is 18.0 Å². The lowest BCUT2D eigenvalue weighted by atomic mass is 9.85. The van der Waals surface area contributed by atoms with Crippen molar-refractivity contribution in [3.63, 3.8) is 0 Å². The van der Waals surface area contributed by atoms with Gasteiger partial charge in [-0.3, -0.25) is 4.79 Å². The number of aromatic nitrogens is 2. The molecule has 0 radical (unpaired) electrons. The van der Waals surface area contributed by atoms with Crippen molar-refractivity contribution in [3.8, 4) is 28.1 Å². The first kappa shape index (κ1) is 34.3. The highest BCUT2D eigenvalue weighted by molar-refractivity contribution is 7.88. The molecular formula is C34H37F3N4O8S. The van der Waals surface area contributed by atoms with Gasteiger partial charge in [0.05, 0.1) is 44.8 Å². The average Bonchev–Trinajstić information content (AvgIpc) is 3.93. The number of carbonyl (C=O) groups excluding carboxylic acids is 2. The van der Waals surface area contributed by atoms with Gasteiger partial charge in [0.25, 0.3) is 0 Å². The molecule has 12 nitrogen and oxygen atoms in total. The maximum absolute atomic E-state index is 13.9. The molecule has 3 fully saturated rings. The summed E-state index contributed by atoms with van der Waals surface area (Å²) in [7, 11) is -4.57. The van der Waals surface area contributed by atoms with Gasteiger partial charge >= 0.3 is 21.7 Å². The van der Waals surface area contributed by atoms with E-state index in [0.29, 0.717) is 36.7 Å². The highest BCUT2D eigenvalue weighted by atomic mass is 32.2. The zero-order valence-electron chi connectivity index (χ0n) is 27.6. The Hall–Kier alpha value is -4.15. The third-order valence-electron chi connectivity index (χ3n) is 10.2. The lowest BCUT2D eigenvalue weighted by Gasteiger charge is -2.30. The van der Waals surface area contributed by atoms with Crippen molar-refractivity contribution < 1.29 is 49.6 Å². The van der Waals surface area contributed by atoms with Crippen LogP contribution in [0.2, 0.25) is 0 Å². The number of imidazole rings is 1. The van der Waals surface area contributed by atoms with Gasteiger partial charge < -0.3 is 33.6 Å². The Balaban J connectivity index is 1.15. The van der Waals surface area contributed by atoms with E-state index in [9.17, 15) is 31.2 Å². The standard InChI is InChI=1S/C34H37F3N4O8S/c1-18(2)29(40-32(43)46-3)31(42)41-17-33(47-12-13-48-33)15-25(41)30-38-16-24(39-30)20-6-4-19(5-7-20)23-10-11-26(49-50(44,45)34(35,36)37)28-22-9-8-21(14-22)27(23)28/h4-7,10-11,16,18,21-22,25,29H,8-9,12-15,17H2,1-3H3,(H,38,39)(H,40,43)/t21?,22?,25-,29-/m0/s1. The molecule has 7 rings (SSSR count). The number of hydrogen-bond acceptors (Lipinski definition) is 9. The van der Waals surface area contributed by atoms with E-state index in [-0.39, 0.29) is 36.0 Å². The smallest absolute Gasteiger partial charge is 0.453 e. The van der Waals surface area contributed by atoms with Gasteiger partial charge in [0, 0.05) is 12.0 Å². The normalized spacial score (nSPS) is 23.0. The van der Waals surface area contributed by atoms with Crippen LogP contribution in [-0.4, -0.2) is 79.5 Å². The second-order valence-corrected chi connectivity index (χ2v) is 15.1. The van der Waals surface area contributed by atoms with E-state index in [1.54, 1.807) is 17.2 Å². The van der Waals surface area contributed by atoms with E-state index in [2.05, 4.69) is 19.5 Å². The lowest BCUT2D eigenvalue weighted by molar-refractivity contribution is -0.153. The van der Waals surface area contributed by atoms with E-state index < -0.39 is 39.6 Å². The highest BCUT2D eigenvalue weighted by Gasteiger charge is 2.53. The van der Waals surface area contributed by atoms with Crippen LogP contribution >= 0.6 is 0 Å². The Kier molecular flexibility index (Phi) is 8.62. The maximum atomic E-state index is 13.9. The van der Waals surface area contributed by atoms with Crippen LogP contribution in [0.3, 0.4) is 0 Å². The van der Waals surface area contributed by atoms with Crippen molar-refractivity contribution in [2.75, 3.05) is 26.9 Å². The molecule has 4 aliphatic rings. The molecule has 2 saturated heterocycles. The Morgan fingerprint density at radius 3 is 2.34 bits per heavy atom. The van der Waals surface area contributed by atoms with Crippen molar-refractivity contribution in [2.45, 2.75) is 74.7 Å². The number of benzene rings is 2. The van der Waals surface area contributed by atoms with Gasteiger partial charge in [-0.05, 0) is 65.3 Å². The van der Waals surface area contributed by atoms with E-state index in [1.165, 1.54) is 13.2 Å². The lowest BCUT2D eigenvalue weighted by Crippen LogP contribution is -2.52. The van der Waals surface area contributed by atoms with Gasteiger partial charge in [-0.1, -0.05) is 44.2 Å². The van der Waals surface area contributed by atoms with Gasteiger partial charge in [0.1, 0.15) is 17.6 Å². The molecule has 3 heterocycles. The zero-order chi connectivity index (χ0) is 35.6. The molecule has 2 unspecified atom stereocenters.